The van der Waals surface area contributed by atoms with Gasteiger partial charge in [0.25, 0.3) is 0 Å². The van der Waals surface area contributed by atoms with Gasteiger partial charge in [-0.2, -0.15) is 10.2 Å². The molecule has 0 saturated heterocycles. The van der Waals surface area contributed by atoms with Crippen LogP contribution in [-0.4, -0.2) is 42.3 Å². The fraction of sp³-hybridized carbons (Fsp3) is 0.533. The third-order valence-corrected chi connectivity index (χ3v) is 3.99. The van der Waals surface area contributed by atoms with E-state index in [1.54, 1.807) is 37.4 Å². The van der Waals surface area contributed by atoms with Crippen LogP contribution in [0.3, 0.4) is 0 Å². The lowest BCUT2D eigenvalue weighted by atomic mass is 10.2. The predicted molar refractivity (Wildman–Crippen MR) is 87.4 cm³/mol. The van der Waals surface area contributed by atoms with Gasteiger partial charge >= 0.3 is 5.69 Å². The van der Waals surface area contributed by atoms with Crippen molar-refractivity contribution >= 4 is 11.6 Å². The molecule has 24 heavy (non-hydrogen) atoms. The molecule has 0 saturated carbocycles. The highest BCUT2D eigenvalue weighted by atomic mass is 16.6. The van der Waals surface area contributed by atoms with Gasteiger partial charge in [0.1, 0.15) is 17.4 Å². The number of hydrogen-bond donors (Lipinski definition) is 0. The van der Waals surface area contributed by atoms with Crippen molar-refractivity contribution < 1.29 is 9.72 Å². The molecule has 0 aliphatic rings. The van der Waals surface area contributed by atoms with Crippen LogP contribution in [-0.2, 0) is 17.9 Å². The van der Waals surface area contributed by atoms with Crippen molar-refractivity contribution in [1.29, 1.82) is 0 Å². The fourth-order valence-corrected chi connectivity index (χ4v) is 2.70. The van der Waals surface area contributed by atoms with E-state index in [-0.39, 0.29) is 11.6 Å². The van der Waals surface area contributed by atoms with Crippen molar-refractivity contribution in [1.82, 2.24) is 24.5 Å². The van der Waals surface area contributed by atoms with Crippen molar-refractivity contribution in [3.8, 4) is 0 Å². The second kappa shape index (κ2) is 6.81. The van der Waals surface area contributed by atoms with Gasteiger partial charge in [-0.1, -0.05) is 0 Å². The van der Waals surface area contributed by atoms with Crippen molar-refractivity contribution in [3.63, 3.8) is 0 Å². The second-order valence-electron chi connectivity index (χ2n) is 5.75. The summed E-state index contributed by atoms with van der Waals surface area (Å²) in [6.07, 6.45) is 1.86. The van der Waals surface area contributed by atoms with E-state index in [4.69, 9.17) is 0 Å². The second-order valence-corrected chi connectivity index (χ2v) is 5.75. The number of carbonyl (C=O) groups excluding carboxylic acids is 1. The van der Waals surface area contributed by atoms with Crippen LogP contribution in [0.15, 0.2) is 12.3 Å². The monoisotopic (exact) mass is 334 g/mol. The summed E-state index contributed by atoms with van der Waals surface area (Å²) in [5, 5.41) is 19.6. The minimum atomic E-state index is -0.629. The van der Waals surface area contributed by atoms with Gasteiger partial charge in [0.05, 0.1) is 17.2 Å². The molecule has 0 N–H and O–H groups in total. The molecule has 0 radical (unpaired) electrons. The van der Waals surface area contributed by atoms with Gasteiger partial charge in [0, 0.05) is 19.8 Å². The average molecular weight is 334 g/mol. The third-order valence-electron chi connectivity index (χ3n) is 3.99. The van der Waals surface area contributed by atoms with Crippen LogP contribution in [0.5, 0.6) is 0 Å². The number of likely N-dealkylation sites (N-methyl/N-ethyl adjacent to an activating group) is 1. The van der Waals surface area contributed by atoms with Crippen LogP contribution in [0.4, 0.5) is 5.69 Å². The van der Waals surface area contributed by atoms with Gasteiger partial charge < -0.3 is 4.90 Å². The van der Waals surface area contributed by atoms with E-state index >= 15 is 0 Å². The van der Waals surface area contributed by atoms with Crippen LogP contribution < -0.4 is 0 Å². The molecular formula is C15H22N6O3. The first kappa shape index (κ1) is 17.6. The lowest BCUT2D eigenvalue weighted by Crippen LogP contribution is -2.33. The summed E-state index contributed by atoms with van der Waals surface area (Å²) in [7, 11) is 1.68. The number of aromatic nitrogens is 4. The molecule has 0 spiro atoms. The molecule has 0 aromatic carbocycles. The quantitative estimate of drug-likeness (QED) is 0.593. The maximum atomic E-state index is 12.6. The molecule has 2 heterocycles. The van der Waals surface area contributed by atoms with E-state index in [1.165, 1.54) is 4.68 Å². The standard InChI is InChI=1S/C15H22N6O3/c1-6-19-8-7-13(17-19)9-18(5)15(22)12(4)20-11(3)14(21(23)24)10(2)16-20/h7-8,12H,6,9H2,1-5H3. The first-order valence-electron chi connectivity index (χ1n) is 7.73. The summed E-state index contributed by atoms with van der Waals surface area (Å²) >= 11 is 0. The molecule has 0 fully saturated rings. The highest BCUT2D eigenvalue weighted by Gasteiger charge is 2.28. The van der Waals surface area contributed by atoms with Crippen LogP contribution >= 0.6 is 0 Å². The van der Waals surface area contributed by atoms with Gasteiger partial charge in [0.2, 0.25) is 5.91 Å². The van der Waals surface area contributed by atoms with Crippen LogP contribution in [0.25, 0.3) is 0 Å². The predicted octanol–water partition coefficient (Wildman–Crippen LogP) is 1.84. The molecule has 0 aliphatic heterocycles. The van der Waals surface area contributed by atoms with Crippen LogP contribution in [0, 0.1) is 24.0 Å². The highest BCUT2D eigenvalue weighted by Crippen LogP contribution is 2.25. The van der Waals surface area contributed by atoms with E-state index in [9.17, 15) is 14.9 Å². The van der Waals surface area contributed by atoms with E-state index in [1.807, 2.05) is 19.2 Å². The minimum absolute atomic E-state index is 0.0426. The fourth-order valence-electron chi connectivity index (χ4n) is 2.70. The smallest absolute Gasteiger partial charge is 0.312 e. The Morgan fingerprint density at radius 2 is 2.08 bits per heavy atom. The Balaban J connectivity index is 2.16. The molecule has 1 amide bonds. The van der Waals surface area contributed by atoms with Gasteiger partial charge in [-0.3, -0.25) is 24.3 Å². The SMILES string of the molecule is CCn1ccc(CN(C)C(=O)C(C)n2nc(C)c([N+](=O)[O-])c2C)n1. The van der Waals surface area contributed by atoms with Crippen molar-refractivity contribution in [2.45, 2.75) is 46.8 Å². The highest BCUT2D eigenvalue weighted by molar-refractivity contribution is 5.80. The number of hydrogen-bond acceptors (Lipinski definition) is 5. The summed E-state index contributed by atoms with van der Waals surface area (Å²) in [5.74, 6) is -0.179. The molecular weight excluding hydrogens is 312 g/mol. The molecule has 1 unspecified atom stereocenters. The summed E-state index contributed by atoms with van der Waals surface area (Å²) in [6, 6.07) is 1.24. The summed E-state index contributed by atoms with van der Waals surface area (Å²) in [5.41, 5.74) is 1.43. The lowest BCUT2D eigenvalue weighted by Gasteiger charge is -2.21. The van der Waals surface area contributed by atoms with Gasteiger partial charge in [-0.05, 0) is 33.8 Å². The zero-order valence-electron chi connectivity index (χ0n) is 14.6. The lowest BCUT2D eigenvalue weighted by molar-refractivity contribution is -0.386. The van der Waals surface area contributed by atoms with Crippen molar-refractivity contribution in [3.05, 3.63) is 39.5 Å². The first-order chi connectivity index (χ1) is 11.3. The molecule has 130 valence electrons. The van der Waals surface area contributed by atoms with Gasteiger partial charge in [-0.25, -0.2) is 0 Å². The first-order valence-corrected chi connectivity index (χ1v) is 7.73. The van der Waals surface area contributed by atoms with Crippen LogP contribution in [0.1, 0.15) is 37.0 Å². The number of amides is 1. The van der Waals surface area contributed by atoms with Crippen molar-refractivity contribution in [2.75, 3.05) is 7.05 Å². The summed E-state index contributed by atoms with van der Waals surface area (Å²) in [4.78, 5) is 24.8. The Bertz CT molecular complexity index is 763. The summed E-state index contributed by atoms with van der Waals surface area (Å²) < 4.78 is 3.21. The zero-order valence-corrected chi connectivity index (χ0v) is 14.6. The Labute approximate surface area is 140 Å². The van der Waals surface area contributed by atoms with Gasteiger partial charge in [0.15, 0.2) is 0 Å². The maximum absolute atomic E-state index is 12.6. The molecule has 0 bridgehead atoms. The average Bonchev–Trinajstić information content (AvgIpc) is 3.09. The van der Waals surface area contributed by atoms with E-state index in [2.05, 4.69) is 10.2 Å². The van der Waals surface area contributed by atoms with E-state index < -0.39 is 11.0 Å². The van der Waals surface area contributed by atoms with E-state index in [0.29, 0.717) is 17.9 Å². The molecule has 9 heteroatoms. The Morgan fingerprint density at radius 1 is 1.42 bits per heavy atom. The maximum Gasteiger partial charge on any atom is 0.312 e. The number of carbonyl (C=O) groups is 1. The number of rotatable bonds is 6. The Hall–Kier alpha value is -2.71. The molecule has 2 aromatic heterocycles. The van der Waals surface area contributed by atoms with Crippen molar-refractivity contribution in [2.24, 2.45) is 0 Å². The molecule has 2 rings (SSSR count). The third kappa shape index (κ3) is 3.29. The number of aryl methyl sites for hydroxylation is 2. The zero-order chi connectivity index (χ0) is 18.0. The minimum Gasteiger partial charge on any atom is -0.338 e. The van der Waals surface area contributed by atoms with Crippen LogP contribution in [0.2, 0.25) is 0 Å². The van der Waals surface area contributed by atoms with E-state index in [0.717, 1.165) is 12.2 Å². The molecule has 1 atom stereocenters. The Kier molecular flexibility index (Phi) is 5.01. The molecule has 0 aliphatic carbocycles. The molecule has 9 nitrogen and oxygen atoms in total. The molecule has 2 aromatic rings. The number of nitro groups is 1. The topological polar surface area (TPSA) is 99.1 Å². The largest absolute Gasteiger partial charge is 0.338 e. The Morgan fingerprint density at radius 3 is 2.58 bits per heavy atom. The number of nitrogens with zero attached hydrogens (tertiary/aromatic N) is 6. The summed E-state index contributed by atoms with van der Waals surface area (Å²) in [6.45, 7) is 7.99. The normalized spacial score (nSPS) is 12.2. The van der Waals surface area contributed by atoms with Gasteiger partial charge in [-0.15, -0.1) is 0 Å².